The zero-order valence-electron chi connectivity index (χ0n) is 7.16. The van der Waals surface area contributed by atoms with Gasteiger partial charge in [0.05, 0.1) is 6.10 Å². The van der Waals surface area contributed by atoms with Gasteiger partial charge in [-0.05, 0) is 12.8 Å². The maximum atomic E-state index is 5.64. The van der Waals surface area contributed by atoms with Crippen LogP contribution in [0.5, 0.6) is 0 Å². The Kier molecular flexibility index (Phi) is 2.34. The largest absolute Gasteiger partial charge is 0.346 e. The molecule has 2 nitrogen and oxygen atoms in total. The predicted octanol–water partition coefficient (Wildman–Crippen LogP) is 1.69. The van der Waals surface area contributed by atoms with Gasteiger partial charge in [-0.1, -0.05) is 25.2 Å². The molecule has 0 aromatic rings. The van der Waals surface area contributed by atoms with Gasteiger partial charge >= 0.3 is 0 Å². The van der Waals surface area contributed by atoms with Crippen molar-refractivity contribution in [1.82, 2.24) is 0 Å². The molecule has 2 fully saturated rings. The van der Waals surface area contributed by atoms with Gasteiger partial charge in [-0.3, -0.25) is 0 Å². The van der Waals surface area contributed by atoms with Gasteiger partial charge in [-0.25, -0.2) is 0 Å². The summed E-state index contributed by atoms with van der Waals surface area (Å²) < 4.78 is 10.8. The maximum Gasteiger partial charge on any atom is 0.197 e. The molecule has 1 saturated heterocycles. The molecule has 0 radical (unpaired) electrons. The van der Waals surface area contributed by atoms with Gasteiger partial charge in [0, 0.05) is 0 Å². The SMILES string of the molecule is C#CC1OC1OC1CCCCC1. The summed E-state index contributed by atoms with van der Waals surface area (Å²) in [6.45, 7) is 0. The van der Waals surface area contributed by atoms with E-state index in [0.29, 0.717) is 6.10 Å². The van der Waals surface area contributed by atoms with Gasteiger partial charge in [0.1, 0.15) is 0 Å². The average molecular weight is 166 g/mol. The second kappa shape index (κ2) is 3.47. The summed E-state index contributed by atoms with van der Waals surface area (Å²) in [5, 5.41) is 0. The molecule has 2 rings (SSSR count). The van der Waals surface area contributed by atoms with Gasteiger partial charge < -0.3 is 9.47 Å². The first-order valence-corrected chi connectivity index (χ1v) is 4.67. The highest BCUT2D eigenvalue weighted by Gasteiger charge is 2.40. The Balaban J connectivity index is 1.70. The van der Waals surface area contributed by atoms with E-state index in [1.54, 1.807) is 0 Å². The summed E-state index contributed by atoms with van der Waals surface area (Å²) in [5.41, 5.74) is 0. The Labute approximate surface area is 73.2 Å². The highest BCUT2D eigenvalue weighted by molar-refractivity contribution is 5.04. The lowest BCUT2D eigenvalue weighted by molar-refractivity contribution is -0.0280. The summed E-state index contributed by atoms with van der Waals surface area (Å²) in [5.74, 6) is 2.53. The molecule has 1 aliphatic heterocycles. The van der Waals surface area contributed by atoms with E-state index >= 15 is 0 Å². The quantitative estimate of drug-likeness (QED) is 0.460. The van der Waals surface area contributed by atoms with Crippen LogP contribution in [0.15, 0.2) is 0 Å². The molecule has 0 spiro atoms. The van der Waals surface area contributed by atoms with Crippen LogP contribution in [0.2, 0.25) is 0 Å². The van der Waals surface area contributed by atoms with E-state index in [1.807, 2.05) is 0 Å². The number of epoxide rings is 1. The first kappa shape index (κ1) is 8.10. The monoisotopic (exact) mass is 166 g/mol. The van der Waals surface area contributed by atoms with E-state index in [2.05, 4.69) is 5.92 Å². The van der Waals surface area contributed by atoms with Crippen LogP contribution < -0.4 is 0 Å². The van der Waals surface area contributed by atoms with Gasteiger partial charge in [0.15, 0.2) is 12.4 Å². The zero-order chi connectivity index (χ0) is 8.39. The molecule has 2 heteroatoms. The van der Waals surface area contributed by atoms with Crippen LogP contribution in [0.1, 0.15) is 32.1 Å². The van der Waals surface area contributed by atoms with Crippen molar-refractivity contribution in [3.05, 3.63) is 0 Å². The molecule has 2 aliphatic rings. The molecule has 0 bridgehead atoms. The molecule has 0 N–H and O–H groups in total. The van der Waals surface area contributed by atoms with Crippen molar-refractivity contribution in [2.75, 3.05) is 0 Å². The number of hydrogen-bond acceptors (Lipinski definition) is 2. The third kappa shape index (κ3) is 1.80. The fraction of sp³-hybridized carbons (Fsp3) is 0.800. The van der Waals surface area contributed by atoms with Crippen molar-refractivity contribution in [1.29, 1.82) is 0 Å². The highest BCUT2D eigenvalue weighted by Crippen LogP contribution is 2.29. The number of ether oxygens (including phenoxy) is 2. The summed E-state index contributed by atoms with van der Waals surface area (Å²) in [6.07, 6.45) is 11.7. The summed E-state index contributed by atoms with van der Waals surface area (Å²) in [4.78, 5) is 0. The van der Waals surface area contributed by atoms with Gasteiger partial charge in [0.2, 0.25) is 0 Å². The predicted molar refractivity (Wildman–Crippen MR) is 45.5 cm³/mol. The third-order valence-electron chi connectivity index (χ3n) is 2.49. The van der Waals surface area contributed by atoms with Crippen LogP contribution in [0.3, 0.4) is 0 Å². The molecule has 0 amide bonds. The fourth-order valence-corrected chi connectivity index (χ4v) is 1.71. The van der Waals surface area contributed by atoms with Crippen molar-refractivity contribution in [3.8, 4) is 12.3 Å². The third-order valence-corrected chi connectivity index (χ3v) is 2.49. The van der Waals surface area contributed by atoms with Crippen molar-refractivity contribution in [2.24, 2.45) is 0 Å². The summed E-state index contributed by atoms with van der Waals surface area (Å²) >= 11 is 0. The Morgan fingerprint density at radius 2 is 2.00 bits per heavy atom. The minimum Gasteiger partial charge on any atom is -0.346 e. The normalized spacial score (nSPS) is 35.9. The van der Waals surface area contributed by atoms with Crippen LogP contribution in [0.4, 0.5) is 0 Å². The van der Waals surface area contributed by atoms with Crippen LogP contribution >= 0.6 is 0 Å². The Hall–Kier alpha value is -0.520. The molecule has 12 heavy (non-hydrogen) atoms. The Morgan fingerprint density at radius 3 is 2.58 bits per heavy atom. The molecule has 1 aliphatic carbocycles. The van der Waals surface area contributed by atoms with Crippen molar-refractivity contribution in [3.63, 3.8) is 0 Å². The van der Waals surface area contributed by atoms with E-state index in [0.717, 1.165) is 0 Å². The topological polar surface area (TPSA) is 21.8 Å². The van der Waals surface area contributed by atoms with Crippen LogP contribution in [-0.2, 0) is 9.47 Å². The van der Waals surface area contributed by atoms with Crippen LogP contribution in [0.25, 0.3) is 0 Å². The smallest absolute Gasteiger partial charge is 0.197 e. The molecule has 0 aromatic carbocycles. The van der Waals surface area contributed by atoms with Gasteiger partial charge in [-0.2, -0.15) is 0 Å². The van der Waals surface area contributed by atoms with E-state index in [9.17, 15) is 0 Å². The Bertz CT molecular complexity index is 189. The van der Waals surface area contributed by atoms with E-state index in [1.165, 1.54) is 32.1 Å². The van der Waals surface area contributed by atoms with Crippen LogP contribution in [-0.4, -0.2) is 18.5 Å². The lowest BCUT2D eigenvalue weighted by atomic mass is 9.98. The summed E-state index contributed by atoms with van der Waals surface area (Å²) in [7, 11) is 0. The first-order chi connectivity index (χ1) is 5.90. The minimum atomic E-state index is -0.0851. The minimum absolute atomic E-state index is 0.0630. The van der Waals surface area contributed by atoms with Crippen molar-refractivity contribution >= 4 is 0 Å². The van der Waals surface area contributed by atoms with E-state index in [4.69, 9.17) is 15.9 Å². The molecule has 1 heterocycles. The van der Waals surface area contributed by atoms with Crippen molar-refractivity contribution in [2.45, 2.75) is 50.6 Å². The molecule has 1 saturated carbocycles. The van der Waals surface area contributed by atoms with E-state index < -0.39 is 0 Å². The van der Waals surface area contributed by atoms with E-state index in [-0.39, 0.29) is 12.4 Å². The van der Waals surface area contributed by atoms with Gasteiger partial charge in [-0.15, -0.1) is 6.42 Å². The summed E-state index contributed by atoms with van der Waals surface area (Å²) in [6, 6.07) is 0. The molecule has 0 aromatic heterocycles. The molecule has 2 atom stereocenters. The lowest BCUT2D eigenvalue weighted by Gasteiger charge is -2.20. The number of hydrogen-bond donors (Lipinski definition) is 0. The zero-order valence-corrected chi connectivity index (χ0v) is 7.16. The second-order valence-corrected chi connectivity index (χ2v) is 3.49. The Morgan fingerprint density at radius 1 is 1.25 bits per heavy atom. The van der Waals surface area contributed by atoms with Gasteiger partial charge in [0.25, 0.3) is 0 Å². The van der Waals surface area contributed by atoms with Crippen LogP contribution in [0, 0.1) is 12.3 Å². The maximum absolute atomic E-state index is 5.64. The highest BCUT2D eigenvalue weighted by atomic mass is 16.8. The fourth-order valence-electron chi connectivity index (χ4n) is 1.71. The molecule has 66 valence electrons. The standard InChI is InChI=1S/C10H14O2/c1-2-9-10(12-9)11-8-6-4-3-5-7-8/h1,8-10H,3-7H2. The molecule has 2 unspecified atom stereocenters. The second-order valence-electron chi connectivity index (χ2n) is 3.49. The number of terminal acetylenes is 1. The molecular weight excluding hydrogens is 152 g/mol. The first-order valence-electron chi connectivity index (χ1n) is 4.67. The molecular formula is C10H14O2. The number of rotatable bonds is 2. The average Bonchev–Trinajstić information content (AvgIpc) is 2.85. The lowest BCUT2D eigenvalue weighted by Crippen LogP contribution is -2.18. The van der Waals surface area contributed by atoms with Crippen molar-refractivity contribution < 1.29 is 9.47 Å².